The number of fused-ring (bicyclic) bond motifs is 2. The molecule has 0 radical (unpaired) electrons. The molecule has 2 aromatic carbocycles. The second-order valence-corrected chi connectivity index (χ2v) is 6.21. The predicted octanol–water partition coefficient (Wildman–Crippen LogP) is 2.86. The fraction of sp³-hybridized carbons (Fsp3) is 0.211. The lowest BCUT2D eigenvalue weighted by Crippen LogP contribution is -2.28. The minimum absolute atomic E-state index is 0.00609. The van der Waals surface area contributed by atoms with Crippen LogP contribution in [0.15, 0.2) is 42.5 Å². The molecule has 6 heteroatoms. The number of carbonyl (C=O) groups excluding carboxylic acids is 2. The average Bonchev–Trinajstić information content (AvgIpc) is 3.14. The quantitative estimate of drug-likeness (QED) is 0.770. The zero-order valence-electron chi connectivity index (χ0n) is 13.9. The number of aromatic amines is 1. The molecule has 3 aromatic rings. The van der Waals surface area contributed by atoms with Gasteiger partial charge in [-0.2, -0.15) is 0 Å². The van der Waals surface area contributed by atoms with Crippen LogP contribution in [0.2, 0.25) is 0 Å². The second kappa shape index (κ2) is 6.05. The summed E-state index contributed by atoms with van der Waals surface area (Å²) in [6, 6.07) is 13.2. The van der Waals surface area contributed by atoms with E-state index in [1.165, 1.54) is 0 Å². The number of hydrogen-bond donors (Lipinski definition) is 2. The summed E-state index contributed by atoms with van der Waals surface area (Å²) in [6.45, 7) is 2.84. The second-order valence-electron chi connectivity index (χ2n) is 6.21. The molecular formula is C19H18N4O2. The zero-order chi connectivity index (χ0) is 17.4. The minimum atomic E-state index is -0.128. The molecule has 1 aromatic heterocycles. The van der Waals surface area contributed by atoms with Gasteiger partial charge in [0.2, 0.25) is 5.91 Å². The van der Waals surface area contributed by atoms with Gasteiger partial charge in [-0.25, -0.2) is 4.98 Å². The number of H-pyrrole nitrogens is 1. The monoisotopic (exact) mass is 334 g/mol. The highest BCUT2D eigenvalue weighted by Crippen LogP contribution is 2.23. The third-order valence-corrected chi connectivity index (χ3v) is 4.41. The summed E-state index contributed by atoms with van der Waals surface area (Å²) in [5, 5.41) is 2.90. The van der Waals surface area contributed by atoms with E-state index in [2.05, 4.69) is 15.3 Å². The maximum atomic E-state index is 12.3. The normalized spacial score (nSPS) is 13.3. The lowest BCUT2D eigenvalue weighted by atomic mass is 10.1. The van der Waals surface area contributed by atoms with Gasteiger partial charge in [-0.05, 0) is 30.7 Å². The topological polar surface area (TPSA) is 78.1 Å². The Labute approximate surface area is 144 Å². The van der Waals surface area contributed by atoms with E-state index < -0.39 is 0 Å². The Morgan fingerprint density at radius 3 is 2.92 bits per heavy atom. The number of aryl methyl sites for hydroxylation is 1. The largest absolute Gasteiger partial charge is 0.342 e. The van der Waals surface area contributed by atoms with E-state index in [4.69, 9.17) is 0 Å². The smallest absolute Gasteiger partial charge is 0.254 e. The van der Waals surface area contributed by atoms with E-state index in [1.54, 1.807) is 4.90 Å². The number of imidazole rings is 1. The molecule has 4 rings (SSSR count). The summed E-state index contributed by atoms with van der Waals surface area (Å²) < 4.78 is 0. The lowest BCUT2D eigenvalue weighted by Gasteiger charge is -2.15. The minimum Gasteiger partial charge on any atom is -0.342 e. The third-order valence-electron chi connectivity index (χ3n) is 4.41. The number of amides is 2. The van der Waals surface area contributed by atoms with Crippen molar-refractivity contribution in [3.63, 3.8) is 0 Å². The van der Waals surface area contributed by atoms with Crippen LogP contribution in [0.25, 0.3) is 11.0 Å². The Morgan fingerprint density at radius 2 is 2.08 bits per heavy atom. The number of rotatable bonds is 4. The summed E-state index contributed by atoms with van der Waals surface area (Å²) in [5.41, 5.74) is 4.07. The van der Waals surface area contributed by atoms with Crippen molar-refractivity contribution in [1.82, 2.24) is 14.9 Å². The molecule has 6 nitrogen and oxygen atoms in total. The van der Waals surface area contributed by atoms with Crippen LogP contribution in [0.5, 0.6) is 0 Å². The van der Waals surface area contributed by atoms with Gasteiger partial charge in [-0.3, -0.25) is 9.59 Å². The van der Waals surface area contributed by atoms with Crippen LogP contribution in [0.3, 0.4) is 0 Å². The van der Waals surface area contributed by atoms with Crippen LogP contribution in [-0.4, -0.2) is 33.2 Å². The van der Waals surface area contributed by atoms with Gasteiger partial charge in [0.25, 0.3) is 5.91 Å². The number of nitrogens with one attached hydrogen (secondary N) is 2. The van der Waals surface area contributed by atoms with Gasteiger partial charge >= 0.3 is 0 Å². The summed E-state index contributed by atoms with van der Waals surface area (Å²) in [6.07, 6.45) is 0.250. The van der Waals surface area contributed by atoms with Crippen molar-refractivity contribution in [3.05, 3.63) is 59.4 Å². The fourth-order valence-corrected chi connectivity index (χ4v) is 3.20. The molecule has 0 saturated carbocycles. The van der Waals surface area contributed by atoms with Crippen molar-refractivity contribution in [1.29, 1.82) is 0 Å². The van der Waals surface area contributed by atoms with Crippen LogP contribution in [0.4, 0.5) is 5.69 Å². The summed E-state index contributed by atoms with van der Waals surface area (Å²) in [4.78, 5) is 33.9. The first-order valence-electron chi connectivity index (χ1n) is 8.24. The first-order chi connectivity index (χ1) is 12.1. The van der Waals surface area contributed by atoms with Gasteiger partial charge in [0.05, 0.1) is 11.2 Å². The molecule has 1 aliphatic rings. The van der Waals surface area contributed by atoms with Crippen LogP contribution < -0.4 is 5.32 Å². The molecule has 0 aliphatic carbocycles. The molecule has 2 N–H and O–H groups in total. The molecule has 1 aliphatic heterocycles. The van der Waals surface area contributed by atoms with Gasteiger partial charge in [0.15, 0.2) is 0 Å². The number of nitrogens with zero attached hydrogens (tertiary/aromatic N) is 2. The highest BCUT2D eigenvalue weighted by molar-refractivity contribution is 6.01. The number of aromatic nitrogens is 2. The van der Waals surface area contributed by atoms with Gasteiger partial charge in [-0.1, -0.05) is 24.3 Å². The van der Waals surface area contributed by atoms with E-state index in [1.807, 2.05) is 49.4 Å². The SMILES string of the molecule is Cc1nc2c(NC(=O)CCN3Cc4ccccc4C3=O)cccc2[nH]1. The maximum absolute atomic E-state index is 12.3. The summed E-state index contributed by atoms with van der Waals surface area (Å²) >= 11 is 0. The van der Waals surface area contributed by atoms with Crippen molar-refractivity contribution in [2.24, 2.45) is 0 Å². The highest BCUT2D eigenvalue weighted by Gasteiger charge is 2.26. The molecule has 126 valence electrons. The number of hydrogen-bond acceptors (Lipinski definition) is 3. The Hall–Kier alpha value is -3.15. The van der Waals surface area contributed by atoms with Crippen LogP contribution in [-0.2, 0) is 11.3 Å². The average molecular weight is 334 g/mol. The molecule has 0 unspecified atom stereocenters. The predicted molar refractivity (Wildman–Crippen MR) is 95.3 cm³/mol. The molecule has 2 heterocycles. The molecule has 25 heavy (non-hydrogen) atoms. The van der Waals surface area contributed by atoms with Crippen molar-refractivity contribution < 1.29 is 9.59 Å². The van der Waals surface area contributed by atoms with E-state index in [0.29, 0.717) is 18.8 Å². The molecule has 0 atom stereocenters. The number of para-hydroxylation sites is 1. The van der Waals surface area contributed by atoms with Crippen molar-refractivity contribution in [2.45, 2.75) is 19.9 Å². The standard InChI is InChI=1S/C19H18N4O2/c1-12-20-15-7-4-8-16(18(15)21-12)22-17(24)9-10-23-11-13-5-2-3-6-14(13)19(23)25/h2-8H,9-11H2,1H3,(H,20,21)(H,22,24). The number of carbonyl (C=O) groups is 2. The van der Waals surface area contributed by atoms with Gasteiger partial charge < -0.3 is 15.2 Å². The maximum Gasteiger partial charge on any atom is 0.254 e. The first-order valence-corrected chi connectivity index (χ1v) is 8.24. The van der Waals surface area contributed by atoms with E-state index in [9.17, 15) is 9.59 Å². The number of benzene rings is 2. The Bertz CT molecular complexity index is 976. The zero-order valence-corrected chi connectivity index (χ0v) is 13.9. The van der Waals surface area contributed by atoms with Gasteiger partial charge in [0, 0.05) is 25.1 Å². The van der Waals surface area contributed by atoms with Crippen molar-refractivity contribution >= 4 is 28.5 Å². The third kappa shape index (κ3) is 2.87. The van der Waals surface area contributed by atoms with Crippen molar-refractivity contribution in [3.8, 4) is 0 Å². The summed E-state index contributed by atoms with van der Waals surface area (Å²) in [7, 11) is 0. The Kier molecular flexibility index (Phi) is 3.72. The fourth-order valence-electron chi connectivity index (χ4n) is 3.20. The van der Waals surface area contributed by atoms with Crippen molar-refractivity contribution in [2.75, 3.05) is 11.9 Å². The Morgan fingerprint density at radius 1 is 1.24 bits per heavy atom. The van der Waals surface area contributed by atoms with E-state index in [0.717, 1.165) is 28.0 Å². The summed E-state index contributed by atoms with van der Waals surface area (Å²) in [5.74, 6) is 0.669. The van der Waals surface area contributed by atoms with E-state index in [-0.39, 0.29) is 18.2 Å². The highest BCUT2D eigenvalue weighted by atomic mass is 16.2. The Balaban J connectivity index is 1.41. The molecular weight excluding hydrogens is 316 g/mol. The molecule has 0 saturated heterocycles. The van der Waals surface area contributed by atoms with Gasteiger partial charge in [-0.15, -0.1) is 0 Å². The van der Waals surface area contributed by atoms with E-state index >= 15 is 0 Å². The molecule has 0 fully saturated rings. The molecule has 0 spiro atoms. The molecule has 0 bridgehead atoms. The number of anilines is 1. The molecule has 2 amide bonds. The lowest BCUT2D eigenvalue weighted by molar-refractivity contribution is -0.116. The van der Waals surface area contributed by atoms with Crippen LogP contribution in [0.1, 0.15) is 28.2 Å². The van der Waals surface area contributed by atoms with Gasteiger partial charge in [0.1, 0.15) is 11.3 Å². The van der Waals surface area contributed by atoms with Crippen LogP contribution in [0, 0.1) is 6.92 Å². The van der Waals surface area contributed by atoms with Crippen LogP contribution >= 0.6 is 0 Å². The first kappa shape index (κ1) is 15.4.